The minimum atomic E-state index is -0.363. The average Bonchev–Trinajstić information content (AvgIpc) is 3.53. The van der Waals surface area contributed by atoms with Crippen molar-refractivity contribution in [3.05, 3.63) is 93.6 Å². The third-order valence-corrected chi connectivity index (χ3v) is 6.17. The molecule has 4 rings (SSSR count). The van der Waals surface area contributed by atoms with Gasteiger partial charge in [0.1, 0.15) is 18.1 Å². The smallest absolute Gasteiger partial charge is 0.254 e. The minimum Gasteiger partial charge on any atom is -0.467 e. The molecule has 1 unspecified atom stereocenters. The molecule has 1 aliphatic heterocycles. The predicted molar refractivity (Wildman–Crippen MR) is 131 cm³/mol. The number of rotatable bonds is 9. The van der Waals surface area contributed by atoms with Gasteiger partial charge in [0.05, 0.1) is 18.9 Å². The van der Waals surface area contributed by atoms with Crippen molar-refractivity contribution in [2.75, 3.05) is 19.7 Å². The van der Waals surface area contributed by atoms with Crippen LogP contribution in [0, 0.1) is 5.82 Å². The molecule has 1 aliphatic rings. The molecule has 1 fully saturated rings. The highest BCUT2D eigenvalue weighted by Crippen LogP contribution is 2.22. The first-order chi connectivity index (χ1) is 16.9. The van der Waals surface area contributed by atoms with Crippen LogP contribution < -0.4 is 0 Å². The highest BCUT2D eigenvalue weighted by atomic mass is 35.5. The molecule has 1 atom stereocenters. The Morgan fingerprint density at radius 3 is 2.37 bits per heavy atom. The van der Waals surface area contributed by atoms with Crippen LogP contribution in [0.4, 0.5) is 4.39 Å². The van der Waals surface area contributed by atoms with E-state index in [-0.39, 0.29) is 49.9 Å². The molecule has 0 spiro atoms. The van der Waals surface area contributed by atoms with Crippen LogP contribution in [0.25, 0.3) is 0 Å². The normalized spacial score (nSPS) is 15.2. The molecule has 1 aromatic heterocycles. The molecule has 0 aliphatic carbocycles. The first-order valence-corrected chi connectivity index (χ1v) is 12.0. The molecule has 6 nitrogen and oxygen atoms in total. The summed E-state index contributed by atoms with van der Waals surface area (Å²) in [5, 5.41) is 0.667. The van der Waals surface area contributed by atoms with Crippen molar-refractivity contribution in [1.29, 1.82) is 0 Å². The van der Waals surface area contributed by atoms with Gasteiger partial charge in [-0.3, -0.25) is 9.59 Å². The quantitative estimate of drug-likeness (QED) is 0.371. The molecule has 9 heteroatoms. The van der Waals surface area contributed by atoms with Crippen LogP contribution in [-0.2, 0) is 22.6 Å². The standard InChI is InChI=1S/C26H25Cl2FN2O4/c27-20-11-19(12-21(28)13-20)26(33)31(16-24-4-2-10-35-24)17-25(32)30(15-23-3-1-9-34-23)14-18-5-7-22(29)8-6-18/h1,3,5-9,11-13,24H,2,4,10,14-17H2. The number of nitrogens with zero attached hydrogens (tertiary/aromatic N) is 2. The number of benzene rings is 2. The summed E-state index contributed by atoms with van der Waals surface area (Å²) in [6.45, 7) is 1.14. The molecule has 0 radical (unpaired) electrons. The van der Waals surface area contributed by atoms with E-state index in [1.54, 1.807) is 35.2 Å². The molecular weight excluding hydrogens is 494 g/mol. The molecule has 2 heterocycles. The Kier molecular flexibility index (Phi) is 8.44. The van der Waals surface area contributed by atoms with Gasteiger partial charge in [0.25, 0.3) is 5.91 Å². The molecule has 0 N–H and O–H groups in total. The van der Waals surface area contributed by atoms with Crippen LogP contribution in [0.3, 0.4) is 0 Å². The van der Waals surface area contributed by atoms with E-state index in [0.29, 0.717) is 28.0 Å². The van der Waals surface area contributed by atoms with Gasteiger partial charge in [0, 0.05) is 35.3 Å². The Morgan fingerprint density at radius 2 is 1.74 bits per heavy atom. The van der Waals surface area contributed by atoms with Crippen LogP contribution in [0.5, 0.6) is 0 Å². The average molecular weight is 519 g/mol. The van der Waals surface area contributed by atoms with Crippen LogP contribution in [0.1, 0.15) is 34.5 Å². The number of amides is 2. The van der Waals surface area contributed by atoms with Crippen molar-refractivity contribution < 1.29 is 23.1 Å². The summed E-state index contributed by atoms with van der Waals surface area (Å²) in [7, 11) is 0. The van der Waals surface area contributed by atoms with Gasteiger partial charge in [0.15, 0.2) is 0 Å². The van der Waals surface area contributed by atoms with Crippen molar-refractivity contribution in [3.8, 4) is 0 Å². The number of hydrogen-bond acceptors (Lipinski definition) is 4. The van der Waals surface area contributed by atoms with E-state index in [0.717, 1.165) is 18.4 Å². The Hall–Kier alpha value is -2.87. The predicted octanol–water partition coefficient (Wildman–Crippen LogP) is 5.58. The second-order valence-corrected chi connectivity index (χ2v) is 9.31. The van der Waals surface area contributed by atoms with Crippen molar-refractivity contribution in [2.45, 2.75) is 32.0 Å². The lowest BCUT2D eigenvalue weighted by Crippen LogP contribution is -2.45. The van der Waals surface area contributed by atoms with E-state index in [1.165, 1.54) is 35.4 Å². The third kappa shape index (κ3) is 7.07. The number of ether oxygens (including phenoxy) is 1. The lowest BCUT2D eigenvalue weighted by Gasteiger charge is -2.29. The van der Waals surface area contributed by atoms with Gasteiger partial charge in [-0.2, -0.15) is 0 Å². The molecule has 35 heavy (non-hydrogen) atoms. The summed E-state index contributed by atoms with van der Waals surface area (Å²) in [4.78, 5) is 30.0. The molecule has 2 amide bonds. The van der Waals surface area contributed by atoms with Crippen molar-refractivity contribution in [2.24, 2.45) is 0 Å². The van der Waals surface area contributed by atoms with Gasteiger partial charge in [-0.25, -0.2) is 4.39 Å². The number of carbonyl (C=O) groups excluding carboxylic acids is 2. The fourth-order valence-electron chi connectivity index (χ4n) is 4.01. The summed E-state index contributed by atoms with van der Waals surface area (Å²) >= 11 is 12.2. The highest BCUT2D eigenvalue weighted by Gasteiger charge is 2.28. The number of halogens is 3. The number of hydrogen-bond donors (Lipinski definition) is 0. The lowest BCUT2D eigenvalue weighted by molar-refractivity contribution is -0.133. The van der Waals surface area contributed by atoms with E-state index < -0.39 is 0 Å². The second kappa shape index (κ2) is 11.7. The Morgan fingerprint density at radius 1 is 1.00 bits per heavy atom. The summed E-state index contributed by atoms with van der Waals surface area (Å²) < 4.78 is 24.6. The van der Waals surface area contributed by atoms with Crippen molar-refractivity contribution in [1.82, 2.24) is 9.80 Å². The maximum Gasteiger partial charge on any atom is 0.254 e. The zero-order valence-corrected chi connectivity index (χ0v) is 20.5. The van der Waals surface area contributed by atoms with E-state index in [1.807, 2.05) is 0 Å². The molecule has 0 saturated carbocycles. The van der Waals surface area contributed by atoms with Crippen LogP contribution in [0.15, 0.2) is 65.3 Å². The summed E-state index contributed by atoms with van der Waals surface area (Å²) in [5.41, 5.74) is 1.05. The van der Waals surface area contributed by atoms with Gasteiger partial charge in [-0.1, -0.05) is 35.3 Å². The zero-order chi connectivity index (χ0) is 24.8. The first-order valence-electron chi connectivity index (χ1n) is 11.3. The molecule has 3 aromatic rings. The first kappa shape index (κ1) is 25.2. The van der Waals surface area contributed by atoms with Gasteiger partial charge in [0.2, 0.25) is 5.91 Å². The summed E-state index contributed by atoms with van der Waals surface area (Å²) in [5.74, 6) is -0.409. The van der Waals surface area contributed by atoms with Crippen LogP contribution >= 0.6 is 23.2 Å². The maximum atomic E-state index is 13.5. The van der Waals surface area contributed by atoms with E-state index in [4.69, 9.17) is 32.4 Å². The topological polar surface area (TPSA) is 63.0 Å². The number of furan rings is 1. The minimum absolute atomic E-state index is 0.156. The monoisotopic (exact) mass is 518 g/mol. The molecule has 1 saturated heterocycles. The van der Waals surface area contributed by atoms with Crippen LogP contribution in [-0.4, -0.2) is 47.4 Å². The fraction of sp³-hybridized carbons (Fsp3) is 0.308. The largest absolute Gasteiger partial charge is 0.467 e. The van der Waals surface area contributed by atoms with Gasteiger partial charge >= 0.3 is 0 Å². The lowest BCUT2D eigenvalue weighted by atomic mass is 10.1. The van der Waals surface area contributed by atoms with Gasteiger partial charge in [-0.15, -0.1) is 0 Å². The Balaban J connectivity index is 1.56. The van der Waals surface area contributed by atoms with Crippen molar-refractivity contribution in [3.63, 3.8) is 0 Å². The van der Waals surface area contributed by atoms with Gasteiger partial charge < -0.3 is 19.0 Å². The maximum absolute atomic E-state index is 13.5. The molecule has 2 aromatic carbocycles. The van der Waals surface area contributed by atoms with E-state index in [9.17, 15) is 14.0 Å². The Bertz CT molecular complexity index is 1130. The molecule has 184 valence electrons. The third-order valence-electron chi connectivity index (χ3n) is 5.74. The molecular formula is C26H25Cl2FN2O4. The highest BCUT2D eigenvalue weighted by molar-refractivity contribution is 6.35. The van der Waals surface area contributed by atoms with E-state index >= 15 is 0 Å². The van der Waals surface area contributed by atoms with Crippen molar-refractivity contribution >= 4 is 35.0 Å². The van der Waals surface area contributed by atoms with E-state index in [2.05, 4.69) is 0 Å². The summed E-state index contributed by atoms with van der Waals surface area (Å²) in [6, 6.07) is 14.1. The zero-order valence-electron chi connectivity index (χ0n) is 19.0. The number of carbonyl (C=O) groups is 2. The van der Waals surface area contributed by atoms with Crippen LogP contribution in [0.2, 0.25) is 10.0 Å². The SMILES string of the molecule is O=C(CN(CC1CCCO1)C(=O)c1cc(Cl)cc(Cl)c1)N(Cc1ccc(F)cc1)Cc1ccco1. The summed E-state index contributed by atoms with van der Waals surface area (Å²) in [6.07, 6.45) is 3.09. The second-order valence-electron chi connectivity index (χ2n) is 8.43. The fourth-order valence-corrected chi connectivity index (χ4v) is 4.54. The molecule has 0 bridgehead atoms. The van der Waals surface area contributed by atoms with Gasteiger partial charge in [-0.05, 0) is 60.9 Å². The Labute approximate surface area is 213 Å².